The summed E-state index contributed by atoms with van der Waals surface area (Å²) in [6.45, 7) is 2.29. The van der Waals surface area contributed by atoms with E-state index in [-0.39, 0.29) is 18.4 Å². The number of fused-ring (bicyclic) bond motifs is 2. The molecule has 12 heteroatoms. The number of anilines is 2. The summed E-state index contributed by atoms with van der Waals surface area (Å²) in [6, 6.07) is 4.90. The fourth-order valence-electron chi connectivity index (χ4n) is 4.71. The van der Waals surface area contributed by atoms with E-state index in [0.29, 0.717) is 41.0 Å². The average Bonchev–Trinajstić information content (AvgIpc) is 3.27. The monoisotopic (exact) mass is 505 g/mol. The van der Waals surface area contributed by atoms with Crippen LogP contribution in [0.2, 0.25) is 0 Å². The molecule has 36 heavy (non-hydrogen) atoms. The first-order valence-electron chi connectivity index (χ1n) is 11.7. The number of likely N-dealkylation sites (tertiary alicyclic amines) is 1. The first kappa shape index (κ1) is 24.3. The summed E-state index contributed by atoms with van der Waals surface area (Å²) >= 11 is 0. The van der Waals surface area contributed by atoms with Crippen LogP contribution in [0, 0.1) is 0 Å². The Kier molecular flexibility index (Phi) is 6.23. The lowest BCUT2D eigenvalue weighted by atomic mass is 10.0. The molecule has 0 saturated carbocycles. The van der Waals surface area contributed by atoms with E-state index in [1.165, 1.54) is 18.2 Å². The number of nitrogens with zero attached hydrogens (tertiary/aromatic N) is 6. The Morgan fingerprint density at radius 2 is 2.03 bits per heavy atom. The highest BCUT2D eigenvalue weighted by Gasteiger charge is 2.41. The van der Waals surface area contributed by atoms with Crippen LogP contribution in [0.5, 0.6) is 5.88 Å². The molecule has 2 aromatic heterocycles. The first-order chi connectivity index (χ1) is 17.2. The molecule has 1 N–H and O–H groups in total. The van der Waals surface area contributed by atoms with Crippen LogP contribution < -0.4 is 15.0 Å². The Morgan fingerprint density at radius 3 is 2.75 bits per heavy atom. The van der Waals surface area contributed by atoms with Crippen LogP contribution in [0.25, 0.3) is 16.6 Å². The van der Waals surface area contributed by atoms with Crippen molar-refractivity contribution in [1.29, 1.82) is 0 Å². The van der Waals surface area contributed by atoms with Crippen LogP contribution in [0.3, 0.4) is 0 Å². The third kappa shape index (κ3) is 4.45. The summed E-state index contributed by atoms with van der Waals surface area (Å²) in [5.74, 6) is 0.510. The molecule has 0 unspecified atom stereocenters. The van der Waals surface area contributed by atoms with Crippen LogP contribution in [0.4, 0.5) is 34.9 Å². The third-order valence-corrected chi connectivity index (χ3v) is 6.78. The number of alkyl halides is 4. The number of ether oxygens (including phenoxy) is 1. The van der Waals surface area contributed by atoms with Gasteiger partial charge in [0, 0.05) is 31.1 Å². The number of piperidine rings is 1. The smallest absolute Gasteiger partial charge is 0.408 e. The van der Waals surface area contributed by atoms with E-state index in [2.05, 4.69) is 20.4 Å². The van der Waals surface area contributed by atoms with Gasteiger partial charge >= 0.3 is 6.18 Å². The summed E-state index contributed by atoms with van der Waals surface area (Å²) in [7, 11) is 3.36. The Balaban J connectivity index is 1.51. The van der Waals surface area contributed by atoms with E-state index >= 15 is 0 Å². The molecule has 1 fully saturated rings. The van der Waals surface area contributed by atoms with Crippen molar-refractivity contribution in [1.82, 2.24) is 19.5 Å². The van der Waals surface area contributed by atoms with Crippen molar-refractivity contribution >= 4 is 29.1 Å². The normalized spacial score (nSPS) is 21.5. The average molecular weight is 506 g/mol. The summed E-state index contributed by atoms with van der Waals surface area (Å²) in [4.78, 5) is 12.0. The molecule has 8 nitrogen and oxygen atoms in total. The van der Waals surface area contributed by atoms with Crippen LogP contribution in [-0.2, 0) is 0 Å². The quantitative estimate of drug-likeness (QED) is 0.521. The zero-order valence-corrected chi connectivity index (χ0v) is 20.1. The molecule has 2 aliphatic heterocycles. The zero-order valence-electron chi connectivity index (χ0n) is 20.1. The molecule has 192 valence electrons. The van der Waals surface area contributed by atoms with Gasteiger partial charge in [0.25, 0.3) is 0 Å². The highest BCUT2D eigenvalue weighted by Crippen LogP contribution is 2.41. The van der Waals surface area contributed by atoms with Gasteiger partial charge in [-0.05, 0) is 44.2 Å². The molecule has 1 saturated heterocycles. The molecule has 2 aliphatic rings. The third-order valence-electron chi connectivity index (χ3n) is 6.78. The predicted molar refractivity (Wildman–Crippen MR) is 130 cm³/mol. The van der Waals surface area contributed by atoms with Gasteiger partial charge < -0.3 is 19.9 Å². The second-order valence-electron chi connectivity index (χ2n) is 9.17. The molecule has 0 radical (unpaired) electrons. The molecule has 0 spiro atoms. The highest BCUT2D eigenvalue weighted by molar-refractivity contribution is 5.90. The maximum Gasteiger partial charge on any atom is 0.408 e. The van der Waals surface area contributed by atoms with Gasteiger partial charge in [0.05, 0.1) is 31.1 Å². The van der Waals surface area contributed by atoms with Crippen LogP contribution in [-0.4, -0.2) is 83.9 Å². The van der Waals surface area contributed by atoms with Crippen molar-refractivity contribution < 1.29 is 22.3 Å². The molecule has 3 atom stereocenters. The van der Waals surface area contributed by atoms with Gasteiger partial charge in [0.1, 0.15) is 17.7 Å². The van der Waals surface area contributed by atoms with Gasteiger partial charge in [-0.1, -0.05) is 6.07 Å². The van der Waals surface area contributed by atoms with Gasteiger partial charge in [-0.2, -0.15) is 18.2 Å². The number of nitrogens with one attached hydrogen (secondary N) is 1. The van der Waals surface area contributed by atoms with E-state index < -0.39 is 24.4 Å². The molecular formula is C24H27F4N7O. The van der Waals surface area contributed by atoms with Gasteiger partial charge in [-0.25, -0.2) is 8.91 Å². The van der Waals surface area contributed by atoms with Crippen molar-refractivity contribution in [2.45, 2.75) is 37.8 Å². The van der Waals surface area contributed by atoms with E-state index in [1.54, 1.807) is 35.0 Å². The maximum atomic E-state index is 14.5. The lowest BCUT2D eigenvalue weighted by Crippen LogP contribution is -2.46. The Morgan fingerprint density at radius 1 is 1.22 bits per heavy atom. The fourth-order valence-corrected chi connectivity index (χ4v) is 4.71. The van der Waals surface area contributed by atoms with Gasteiger partial charge in [-0.3, -0.25) is 4.99 Å². The Hall–Kier alpha value is -3.41. The van der Waals surface area contributed by atoms with E-state index in [9.17, 15) is 17.6 Å². The van der Waals surface area contributed by atoms with Crippen molar-refractivity contribution in [3.05, 3.63) is 30.5 Å². The number of hydrogen-bond donors (Lipinski definition) is 1. The van der Waals surface area contributed by atoms with Crippen LogP contribution in [0.15, 0.2) is 35.5 Å². The predicted octanol–water partition coefficient (Wildman–Crippen LogP) is 4.33. The Bertz CT molecular complexity index is 1290. The van der Waals surface area contributed by atoms with Crippen molar-refractivity contribution in [2.75, 3.05) is 44.0 Å². The molecule has 0 amide bonds. The van der Waals surface area contributed by atoms with Crippen molar-refractivity contribution in [3.8, 4) is 17.0 Å². The lowest BCUT2D eigenvalue weighted by Gasteiger charge is -2.34. The Labute approximate surface area is 205 Å². The summed E-state index contributed by atoms with van der Waals surface area (Å²) < 4.78 is 62.2. The van der Waals surface area contributed by atoms with Gasteiger partial charge in [0.2, 0.25) is 11.8 Å². The second-order valence-corrected chi connectivity index (χ2v) is 9.17. The summed E-state index contributed by atoms with van der Waals surface area (Å²) in [5, 5.41) is 7.58. The SMILES string of the molecule is COc1nc(N[C@@H]2CCN(C)C[C@@H]2F)nn2ccc(-c3ccc4c(c3)N([C@H](C)C(F)(F)F)CC=N4)c12. The number of hydrogen-bond acceptors (Lipinski definition) is 7. The number of benzene rings is 1. The zero-order chi connectivity index (χ0) is 25.6. The minimum Gasteiger partial charge on any atom is -0.479 e. The molecule has 3 aromatic rings. The van der Waals surface area contributed by atoms with Crippen molar-refractivity contribution in [3.63, 3.8) is 0 Å². The van der Waals surface area contributed by atoms with Crippen molar-refractivity contribution in [2.24, 2.45) is 4.99 Å². The summed E-state index contributed by atoms with van der Waals surface area (Å²) in [6.07, 6.45) is -1.63. The van der Waals surface area contributed by atoms with E-state index in [4.69, 9.17) is 4.74 Å². The number of aromatic nitrogens is 3. The first-order valence-corrected chi connectivity index (χ1v) is 11.7. The fraction of sp³-hybridized carbons (Fsp3) is 0.458. The molecular weight excluding hydrogens is 478 g/mol. The lowest BCUT2D eigenvalue weighted by molar-refractivity contribution is -0.144. The minimum atomic E-state index is -4.38. The van der Waals surface area contributed by atoms with Gasteiger partial charge in [0.15, 0.2) is 0 Å². The topological polar surface area (TPSA) is 70.3 Å². The van der Waals surface area contributed by atoms with Gasteiger partial charge in [-0.15, -0.1) is 5.10 Å². The molecule has 5 rings (SSSR count). The standard InChI is InChI=1S/C24H27F4N7O/c1-14(24(26,27)28)34-11-8-29-19-5-4-15(12-20(19)34)16-6-10-35-21(16)22(36-3)31-23(32-35)30-18-7-9-33(2)13-17(18)25/h4-6,8,10,12,14,17-18H,7,9,11,13H2,1-3H3,(H,30,32)/t14-,17+,18-/m1/s1. The van der Waals surface area contributed by atoms with E-state index in [0.717, 1.165) is 13.5 Å². The van der Waals surface area contributed by atoms with E-state index in [1.807, 2.05) is 11.9 Å². The molecule has 1 aromatic carbocycles. The summed E-state index contributed by atoms with van der Waals surface area (Å²) in [5.41, 5.74) is 2.79. The minimum absolute atomic E-state index is 0.0572. The molecule has 0 bridgehead atoms. The number of halogens is 4. The largest absolute Gasteiger partial charge is 0.479 e. The second kappa shape index (κ2) is 9.23. The number of methoxy groups -OCH3 is 1. The van der Waals surface area contributed by atoms with Crippen LogP contribution >= 0.6 is 0 Å². The van der Waals surface area contributed by atoms with Crippen LogP contribution in [0.1, 0.15) is 13.3 Å². The highest BCUT2D eigenvalue weighted by atomic mass is 19.4. The maximum absolute atomic E-state index is 14.5. The molecule has 0 aliphatic carbocycles. The molecule has 4 heterocycles. The number of aliphatic imine (C=N–C) groups is 1. The number of rotatable bonds is 5.